The SMILES string of the molecule is Cc1ccc(S(=O)(=O)N(CC(=O)Nc2cccnc2)c2ccccc2F)cc1. The second-order valence-corrected chi connectivity index (χ2v) is 7.93. The van der Waals surface area contributed by atoms with Crippen LogP contribution in [-0.4, -0.2) is 25.9 Å². The molecule has 0 saturated carbocycles. The fraction of sp³-hybridized carbons (Fsp3) is 0.100. The van der Waals surface area contributed by atoms with E-state index >= 15 is 0 Å². The number of halogens is 1. The van der Waals surface area contributed by atoms with Gasteiger partial charge >= 0.3 is 0 Å². The third-order valence-corrected chi connectivity index (χ3v) is 5.74. The van der Waals surface area contributed by atoms with E-state index in [9.17, 15) is 17.6 Å². The minimum atomic E-state index is -4.16. The highest BCUT2D eigenvalue weighted by Gasteiger charge is 2.29. The van der Waals surface area contributed by atoms with E-state index in [-0.39, 0.29) is 10.6 Å². The zero-order valence-electron chi connectivity index (χ0n) is 15.0. The van der Waals surface area contributed by atoms with Gasteiger partial charge in [0.15, 0.2) is 0 Å². The van der Waals surface area contributed by atoms with Crippen LogP contribution in [0.25, 0.3) is 0 Å². The van der Waals surface area contributed by atoms with Gasteiger partial charge in [-0.05, 0) is 43.3 Å². The van der Waals surface area contributed by atoms with E-state index in [0.717, 1.165) is 15.9 Å². The third-order valence-electron chi connectivity index (χ3n) is 3.96. The van der Waals surface area contributed by atoms with Gasteiger partial charge in [-0.2, -0.15) is 0 Å². The molecule has 1 heterocycles. The molecular weight excluding hydrogens is 381 g/mol. The second-order valence-electron chi connectivity index (χ2n) is 6.07. The molecule has 0 fully saturated rings. The van der Waals surface area contributed by atoms with Gasteiger partial charge in [0.05, 0.1) is 22.5 Å². The maximum Gasteiger partial charge on any atom is 0.264 e. The summed E-state index contributed by atoms with van der Waals surface area (Å²) in [5.41, 5.74) is 1.09. The van der Waals surface area contributed by atoms with E-state index < -0.39 is 28.3 Å². The molecule has 0 spiro atoms. The molecule has 3 rings (SSSR count). The number of aryl methyl sites for hydroxylation is 1. The lowest BCUT2D eigenvalue weighted by Crippen LogP contribution is -2.38. The molecule has 28 heavy (non-hydrogen) atoms. The fourth-order valence-corrected chi connectivity index (χ4v) is 3.99. The number of para-hydroxylation sites is 1. The van der Waals surface area contributed by atoms with Crippen molar-refractivity contribution in [2.45, 2.75) is 11.8 Å². The topological polar surface area (TPSA) is 79.4 Å². The molecule has 0 unspecified atom stereocenters. The number of rotatable bonds is 6. The largest absolute Gasteiger partial charge is 0.323 e. The van der Waals surface area contributed by atoms with Crippen molar-refractivity contribution in [3.05, 3.63) is 84.4 Å². The van der Waals surface area contributed by atoms with Crippen LogP contribution in [0.5, 0.6) is 0 Å². The van der Waals surface area contributed by atoms with Gasteiger partial charge < -0.3 is 5.32 Å². The maximum absolute atomic E-state index is 14.4. The van der Waals surface area contributed by atoms with E-state index in [1.807, 2.05) is 6.92 Å². The summed E-state index contributed by atoms with van der Waals surface area (Å²) < 4.78 is 41.4. The van der Waals surface area contributed by atoms with Gasteiger partial charge in [0.1, 0.15) is 12.4 Å². The Kier molecular flexibility index (Phi) is 5.70. The number of carbonyl (C=O) groups is 1. The Labute approximate surface area is 162 Å². The first-order chi connectivity index (χ1) is 13.4. The van der Waals surface area contributed by atoms with Crippen LogP contribution in [0.2, 0.25) is 0 Å². The van der Waals surface area contributed by atoms with E-state index in [1.165, 1.54) is 36.5 Å². The molecule has 1 amide bonds. The first-order valence-corrected chi connectivity index (χ1v) is 9.86. The van der Waals surface area contributed by atoms with Crippen LogP contribution >= 0.6 is 0 Å². The highest BCUT2D eigenvalue weighted by Crippen LogP contribution is 2.26. The Balaban J connectivity index is 1.97. The summed E-state index contributed by atoms with van der Waals surface area (Å²) >= 11 is 0. The predicted molar refractivity (Wildman–Crippen MR) is 105 cm³/mol. The van der Waals surface area contributed by atoms with Crippen molar-refractivity contribution in [3.63, 3.8) is 0 Å². The van der Waals surface area contributed by atoms with E-state index in [4.69, 9.17) is 0 Å². The van der Waals surface area contributed by atoms with E-state index in [1.54, 1.807) is 30.5 Å². The number of pyridine rings is 1. The molecule has 1 N–H and O–H groups in total. The summed E-state index contributed by atoms with van der Waals surface area (Å²) in [6.07, 6.45) is 2.98. The first-order valence-electron chi connectivity index (χ1n) is 8.42. The molecule has 0 bridgehead atoms. The molecular formula is C20H18FN3O3S. The highest BCUT2D eigenvalue weighted by atomic mass is 32.2. The van der Waals surface area contributed by atoms with Crippen LogP contribution in [0, 0.1) is 12.7 Å². The number of aromatic nitrogens is 1. The number of hydrogen-bond donors (Lipinski definition) is 1. The number of nitrogens with zero attached hydrogens (tertiary/aromatic N) is 2. The molecule has 0 aliphatic rings. The highest BCUT2D eigenvalue weighted by molar-refractivity contribution is 7.92. The summed E-state index contributed by atoms with van der Waals surface area (Å²) in [6.45, 7) is 1.23. The lowest BCUT2D eigenvalue weighted by atomic mass is 10.2. The number of anilines is 2. The Morgan fingerprint density at radius 1 is 1.07 bits per heavy atom. The average Bonchev–Trinajstić information content (AvgIpc) is 2.68. The van der Waals surface area contributed by atoms with Crippen molar-refractivity contribution < 1.29 is 17.6 Å². The van der Waals surface area contributed by atoms with E-state index in [0.29, 0.717) is 5.69 Å². The summed E-state index contributed by atoms with van der Waals surface area (Å²) in [6, 6.07) is 14.8. The normalized spacial score (nSPS) is 11.1. The first kappa shape index (κ1) is 19.5. The lowest BCUT2D eigenvalue weighted by molar-refractivity contribution is -0.114. The lowest BCUT2D eigenvalue weighted by Gasteiger charge is -2.24. The van der Waals surface area contributed by atoms with Gasteiger partial charge in [0.2, 0.25) is 5.91 Å². The fourth-order valence-electron chi connectivity index (χ4n) is 2.56. The van der Waals surface area contributed by atoms with Crippen LogP contribution < -0.4 is 9.62 Å². The molecule has 3 aromatic rings. The Morgan fingerprint density at radius 2 is 1.79 bits per heavy atom. The Bertz CT molecular complexity index is 1070. The van der Waals surface area contributed by atoms with Crippen LogP contribution in [0.15, 0.2) is 78.0 Å². The molecule has 8 heteroatoms. The number of hydrogen-bond acceptors (Lipinski definition) is 4. The number of sulfonamides is 1. The average molecular weight is 399 g/mol. The number of carbonyl (C=O) groups excluding carboxylic acids is 1. The molecule has 0 radical (unpaired) electrons. The van der Waals surface area contributed by atoms with Crippen molar-refractivity contribution in [1.82, 2.24) is 4.98 Å². The second kappa shape index (κ2) is 8.18. The summed E-state index contributed by atoms with van der Waals surface area (Å²) in [4.78, 5) is 16.3. The van der Waals surface area contributed by atoms with Gasteiger partial charge in [-0.3, -0.25) is 14.1 Å². The van der Waals surface area contributed by atoms with Crippen LogP contribution in [0.1, 0.15) is 5.56 Å². The molecule has 1 aromatic heterocycles. The molecule has 144 valence electrons. The van der Waals surface area contributed by atoms with Crippen LogP contribution in [0.4, 0.5) is 15.8 Å². The van der Waals surface area contributed by atoms with Gasteiger partial charge in [-0.1, -0.05) is 29.8 Å². The minimum absolute atomic E-state index is 0.0319. The van der Waals surface area contributed by atoms with Gasteiger partial charge in [0.25, 0.3) is 10.0 Å². The van der Waals surface area contributed by atoms with E-state index in [2.05, 4.69) is 10.3 Å². The number of benzene rings is 2. The van der Waals surface area contributed by atoms with Crippen molar-refractivity contribution in [1.29, 1.82) is 0 Å². The number of nitrogens with one attached hydrogen (secondary N) is 1. The summed E-state index contributed by atoms with van der Waals surface area (Å²) in [5, 5.41) is 2.56. The van der Waals surface area contributed by atoms with Gasteiger partial charge in [-0.25, -0.2) is 12.8 Å². The number of amides is 1. The molecule has 0 aliphatic carbocycles. The van der Waals surface area contributed by atoms with Gasteiger partial charge in [0, 0.05) is 6.20 Å². The quantitative estimate of drug-likeness (QED) is 0.689. The monoisotopic (exact) mass is 399 g/mol. The summed E-state index contributed by atoms with van der Waals surface area (Å²) in [7, 11) is -4.16. The van der Waals surface area contributed by atoms with Gasteiger partial charge in [-0.15, -0.1) is 0 Å². The van der Waals surface area contributed by atoms with Crippen molar-refractivity contribution in [2.75, 3.05) is 16.2 Å². The van der Waals surface area contributed by atoms with Crippen molar-refractivity contribution in [3.8, 4) is 0 Å². The maximum atomic E-state index is 14.4. The van der Waals surface area contributed by atoms with Crippen LogP contribution in [-0.2, 0) is 14.8 Å². The molecule has 0 atom stereocenters. The predicted octanol–water partition coefficient (Wildman–Crippen LogP) is 3.36. The Morgan fingerprint density at radius 3 is 2.43 bits per heavy atom. The minimum Gasteiger partial charge on any atom is -0.323 e. The summed E-state index contributed by atoms with van der Waals surface area (Å²) in [5.74, 6) is -1.36. The third kappa shape index (κ3) is 4.34. The van der Waals surface area contributed by atoms with Crippen molar-refractivity contribution >= 4 is 27.3 Å². The molecule has 0 aliphatic heterocycles. The smallest absolute Gasteiger partial charge is 0.264 e. The van der Waals surface area contributed by atoms with Crippen LogP contribution in [0.3, 0.4) is 0 Å². The molecule has 6 nitrogen and oxygen atoms in total. The zero-order chi connectivity index (χ0) is 20.1. The Hall–Kier alpha value is -3.26. The zero-order valence-corrected chi connectivity index (χ0v) is 15.9. The standard InChI is InChI=1S/C20H18FN3O3S/c1-15-8-10-17(11-9-15)28(26,27)24(19-7-3-2-6-18(19)21)14-20(25)23-16-5-4-12-22-13-16/h2-13H,14H2,1H3,(H,23,25). The van der Waals surface area contributed by atoms with Crippen molar-refractivity contribution in [2.24, 2.45) is 0 Å². The molecule has 2 aromatic carbocycles. The molecule has 0 saturated heterocycles.